The van der Waals surface area contributed by atoms with Crippen LogP contribution in [0, 0.1) is 0 Å². The number of rotatable bonds is 0. The lowest BCUT2D eigenvalue weighted by atomic mass is 9.95. The number of aryl methyl sites for hydroxylation is 2. The molecule has 0 saturated carbocycles. The molecule has 2 aromatic rings. The second kappa shape index (κ2) is 2.94. The highest BCUT2D eigenvalue weighted by Gasteiger charge is 2.20. The van der Waals surface area contributed by atoms with E-state index < -0.39 is 0 Å². The Balaban J connectivity index is 2.02. The molecule has 0 saturated heterocycles. The van der Waals surface area contributed by atoms with Gasteiger partial charge in [0.25, 0.3) is 0 Å². The first kappa shape index (κ1) is 8.50. The molecule has 0 radical (unpaired) electrons. The molecule has 1 aromatic heterocycles. The monoisotopic (exact) mass is 215 g/mol. The molecule has 3 nitrogen and oxygen atoms in total. The van der Waals surface area contributed by atoms with Gasteiger partial charge in [0, 0.05) is 22.7 Å². The van der Waals surface area contributed by atoms with Crippen molar-refractivity contribution in [3.8, 4) is 11.5 Å². The molecular formula is C13H13NO2. The third-order valence-corrected chi connectivity index (χ3v) is 3.59. The Morgan fingerprint density at radius 3 is 2.75 bits per heavy atom. The van der Waals surface area contributed by atoms with Crippen LogP contribution in [0.1, 0.15) is 24.1 Å². The van der Waals surface area contributed by atoms with E-state index in [-0.39, 0.29) is 0 Å². The summed E-state index contributed by atoms with van der Waals surface area (Å²) in [7, 11) is 0. The Hall–Kier alpha value is -1.64. The summed E-state index contributed by atoms with van der Waals surface area (Å²) in [4.78, 5) is 3.51. The highest BCUT2D eigenvalue weighted by molar-refractivity contribution is 5.88. The second-order valence-corrected chi connectivity index (χ2v) is 4.54. The summed E-state index contributed by atoms with van der Waals surface area (Å²) < 4.78 is 10.8. The van der Waals surface area contributed by atoms with Crippen molar-refractivity contribution in [1.82, 2.24) is 4.98 Å². The van der Waals surface area contributed by atoms with Gasteiger partial charge in [-0.2, -0.15) is 0 Å². The summed E-state index contributed by atoms with van der Waals surface area (Å²) in [6.45, 7) is 0.351. The normalized spacial score (nSPS) is 17.8. The van der Waals surface area contributed by atoms with Gasteiger partial charge in [0.2, 0.25) is 6.79 Å². The summed E-state index contributed by atoms with van der Waals surface area (Å²) in [6, 6.07) is 4.19. The number of hydrogen-bond donors (Lipinski definition) is 1. The summed E-state index contributed by atoms with van der Waals surface area (Å²) in [6.07, 6.45) is 4.96. The van der Waals surface area contributed by atoms with Gasteiger partial charge < -0.3 is 14.5 Å². The van der Waals surface area contributed by atoms with Crippen LogP contribution in [0.4, 0.5) is 0 Å². The third-order valence-electron chi connectivity index (χ3n) is 3.59. The maximum absolute atomic E-state index is 5.43. The minimum Gasteiger partial charge on any atom is -0.454 e. The molecule has 0 spiro atoms. The molecule has 2 heterocycles. The predicted octanol–water partition coefficient (Wildman–Crippen LogP) is 2.78. The van der Waals surface area contributed by atoms with Crippen LogP contribution in [0.15, 0.2) is 12.1 Å². The molecular weight excluding hydrogens is 202 g/mol. The fourth-order valence-electron chi connectivity index (χ4n) is 2.80. The van der Waals surface area contributed by atoms with Crippen molar-refractivity contribution in [3.05, 3.63) is 23.4 Å². The average molecular weight is 215 g/mol. The number of hydrogen-bond acceptors (Lipinski definition) is 2. The van der Waals surface area contributed by atoms with E-state index in [4.69, 9.17) is 9.47 Å². The number of nitrogens with one attached hydrogen (secondary N) is 1. The largest absolute Gasteiger partial charge is 0.454 e. The highest BCUT2D eigenvalue weighted by atomic mass is 16.7. The second-order valence-electron chi connectivity index (χ2n) is 4.54. The molecule has 1 aliphatic carbocycles. The van der Waals surface area contributed by atoms with E-state index in [1.165, 1.54) is 47.8 Å². The van der Waals surface area contributed by atoms with Crippen molar-refractivity contribution >= 4 is 10.9 Å². The molecule has 16 heavy (non-hydrogen) atoms. The van der Waals surface area contributed by atoms with Gasteiger partial charge in [-0.05, 0) is 37.3 Å². The Morgan fingerprint density at radius 2 is 1.81 bits per heavy atom. The molecule has 0 bridgehead atoms. The van der Waals surface area contributed by atoms with Gasteiger partial charge in [-0.25, -0.2) is 0 Å². The Bertz CT molecular complexity index is 571. The summed E-state index contributed by atoms with van der Waals surface area (Å²) >= 11 is 0. The van der Waals surface area contributed by atoms with Gasteiger partial charge in [0.1, 0.15) is 0 Å². The van der Waals surface area contributed by atoms with Crippen LogP contribution in [0.5, 0.6) is 11.5 Å². The molecule has 1 N–H and O–H groups in total. The van der Waals surface area contributed by atoms with Crippen molar-refractivity contribution in [2.45, 2.75) is 25.7 Å². The van der Waals surface area contributed by atoms with Crippen molar-refractivity contribution in [2.75, 3.05) is 6.79 Å². The molecule has 0 unspecified atom stereocenters. The minimum atomic E-state index is 0.351. The highest BCUT2D eigenvalue weighted by Crippen LogP contribution is 2.39. The van der Waals surface area contributed by atoms with Gasteiger partial charge in [-0.3, -0.25) is 0 Å². The number of aromatic nitrogens is 1. The summed E-state index contributed by atoms with van der Waals surface area (Å²) in [5, 5.41) is 1.32. The summed E-state index contributed by atoms with van der Waals surface area (Å²) in [5.41, 5.74) is 4.08. The summed E-state index contributed by atoms with van der Waals surface area (Å²) in [5.74, 6) is 1.76. The van der Waals surface area contributed by atoms with Crippen molar-refractivity contribution in [1.29, 1.82) is 0 Å². The van der Waals surface area contributed by atoms with E-state index in [0.717, 1.165) is 11.5 Å². The van der Waals surface area contributed by atoms with Crippen molar-refractivity contribution in [3.63, 3.8) is 0 Å². The number of aromatic amines is 1. The van der Waals surface area contributed by atoms with Crippen molar-refractivity contribution in [2.24, 2.45) is 0 Å². The van der Waals surface area contributed by atoms with Crippen LogP contribution < -0.4 is 9.47 Å². The number of ether oxygens (including phenoxy) is 2. The zero-order valence-electron chi connectivity index (χ0n) is 9.01. The van der Waals surface area contributed by atoms with Crippen LogP contribution in [0.2, 0.25) is 0 Å². The lowest BCUT2D eigenvalue weighted by Gasteiger charge is -2.10. The van der Waals surface area contributed by atoms with Crippen molar-refractivity contribution < 1.29 is 9.47 Å². The molecule has 1 aromatic carbocycles. The SMILES string of the molecule is c1c2c(cc3c4c([nH]c13)CCCC4)OCO2. The smallest absolute Gasteiger partial charge is 0.231 e. The molecule has 0 amide bonds. The fraction of sp³-hybridized carbons (Fsp3) is 0.385. The number of benzene rings is 1. The Kier molecular flexibility index (Phi) is 1.56. The zero-order chi connectivity index (χ0) is 10.5. The topological polar surface area (TPSA) is 34.2 Å². The predicted molar refractivity (Wildman–Crippen MR) is 61.1 cm³/mol. The fourth-order valence-corrected chi connectivity index (χ4v) is 2.80. The molecule has 4 rings (SSSR count). The average Bonchev–Trinajstić information content (AvgIpc) is 2.88. The minimum absolute atomic E-state index is 0.351. The Morgan fingerprint density at radius 1 is 1.00 bits per heavy atom. The molecule has 0 fully saturated rings. The van der Waals surface area contributed by atoms with Gasteiger partial charge in [-0.15, -0.1) is 0 Å². The van der Waals surface area contributed by atoms with E-state index in [1.54, 1.807) is 0 Å². The maximum Gasteiger partial charge on any atom is 0.231 e. The first-order valence-corrected chi connectivity index (χ1v) is 5.85. The van der Waals surface area contributed by atoms with E-state index >= 15 is 0 Å². The number of fused-ring (bicyclic) bond motifs is 4. The maximum atomic E-state index is 5.43. The molecule has 0 atom stereocenters. The van der Waals surface area contributed by atoms with Gasteiger partial charge >= 0.3 is 0 Å². The van der Waals surface area contributed by atoms with E-state index in [1.807, 2.05) is 0 Å². The Labute approximate surface area is 93.4 Å². The lowest BCUT2D eigenvalue weighted by Crippen LogP contribution is -2.00. The van der Waals surface area contributed by atoms with Crippen LogP contribution in [-0.2, 0) is 12.8 Å². The van der Waals surface area contributed by atoms with Crippen LogP contribution in [-0.4, -0.2) is 11.8 Å². The first-order valence-electron chi connectivity index (χ1n) is 5.85. The lowest BCUT2D eigenvalue weighted by molar-refractivity contribution is 0.174. The van der Waals surface area contributed by atoms with E-state index in [0.29, 0.717) is 6.79 Å². The molecule has 1 aliphatic heterocycles. The van der Waals surface area contributed by atoms with Gasteiger partial charge in [0.05, 0.1) is 0 Å². The van der Waals surface area contributed by atoms with Gasteiger partial charge in [-0.1, -0.05) is 0 Å². The molecule has 3 heteroatoms. The van der Waals surface area contributed by atoms with Crippen LogP contribution in [0.25, 0.3) is 10.9 Å². The van der Waals surface area contributed by atoms with Crippen LogP contribution >= 0.6 is 0 Å². The number of H-pyrrole nitrogens is 1. The molecule has 2 aliphatic rings. The quantitative estimate of drug-likeness (QED) is 0.733. The third kappa shape index (κ3) is 1.03. The van der Waals surface area contributed by atoms with E-state index in [9.17, 15) is 0 Å². The first-order chi connectivity index (χ1) is 7.92. The van der Waals surface area contributed by atoms with Crippen LogP contribution in [0.3, 0.4) is 0 Å². The van der Waals surface area contributed by atoms with E-state index in [2.05, 4.69) is 17.1 Å². The van der Waals surface area contributed by atoms with Gasteiger partial charge in [0.15, 0.2) is 11.5 Å². The molecule has 82 valence electrons. The standard InChI is InChI=1S/C13H13NO2/c1-2-4-10-8(3-1)9-5-12-13(16-7-15-12)6-11(9)14-10/h5-6,14H,1-4,7H2. The zero-order valence-corrected chi connectivity index (χ0v) is 9.01.